The van der Waals surface area contributed by atoms with Gasteiger partial charge in [0.2, 0.25) is 5.91 Å². The van der Waals surface area contributed by atoms with E-state index in [1.54, 1.807) is 6.07 Å². The third-order valence-electron chi connectivity index (χ3n) is 3.18. The third-order valence-corrected chi connectivity index (χ3v) is 3.18. The van der Waals surface area contributed by atoms with Crippen molar-refractivity contribution in [1.29, 1.82) is 0 Å². The zero-order valence-corrected chi connectivity index (χ0v) is 11.8. The number of fused-ring (bicyclic) bond motifs is 1. The fraction of sp³-hybridized carbons (Fsp3) is 0.357. The van der Waals surface area contributed by atoms with Gasteiger partial charge in [-0.1, -0.05) is 0 Å². The molecule has 0 aliphatic carbocycles. The van der Waals surface area contributed by atoms with Crippen LogP contribution in [0.1, 0.15) is 24.2 Å². The van der Waals surface area contributed by atoms with E-state index in [1.165, 1.54) is 7.11 Å². The number of pyridine rings is 1. The standard InChI is InChI=1S/C14H17N3O3/c1-9-10(2)17-8-4-5-11(14(17)15-9)16-12(18)6-7-13(19)20-3/h4-5,8H,6-7H2,1-3H3,(H,16,18). The number of hydrogen-bond donors (Lipinski definition) is 1. The second kappa shape index (κ2) is 5.73. The second-order valence-corrected chi connectivity index (χ2v) is 4.52. The lowest BCUT2D eigenvalue weighted by Crippen LogP contribution is -2.14. The first-order chi connectivity index (χ1) is 9.52. The highest BCUT2D eigenvalue weighted by molar-refractivity contribution is 5.95. The molecule has 2 aromatic rings. The topological polar surface area (TPSA) is 72.7 Å². The molecular weight excluding hydrogens is 258 g/mol. The fourth-order valence-electron chi connectivity index (χ4n) is 1.93. The molecule has 0 spiro atoms. The van der Waals surface area contributed by atoms with Crippen molar-refractivity contribution in [1.82, 2.24) is 9.38 Å². The molecule has 2 aromatic heterocycles. The van der Waals surface area contributed by atoms with Crippen LogP contribution in [0.5, 0.6) is 0 Å². The average Bonchev–Trinajstić information content (AvgIpc) is 2.73. The van der Waals surface area contributed by atoms with Crippen molar-refractivity contribution in [3.63, 3.8) is 0 Å². The van der Waals surface area contributed by atoms with Crippen LogP contribution in [0.3, 0.4) is 0 Å². The van der Waals surface area contributed by atoms with Gasteiger partial charge >= 0.3 is 5.97 Å². The number of esters is 1. The normalized spacial score (nSPS) is 10.6. The van der Waals surface area contributed by atoms with Crippen molar-refractivity contribution in [2.45, 2.75) is 26.7 Å². The van der Waals surface area contributed by atoms with E-state index in [0.717, 1.165) is 11.4 Å². The van der Waals surface area contributed by atoms with Gasteiger partial charge in [-0.05, 0) is 26.0 Å². The first kappa shape index (κ1) is 14.0. The van der Waals surface area contributed by atoms with Gasteiger partial charge in [-0.25, -0.2) is 4.98 Å². The van der Waals surface area contributed by atoms with Crippen molar-refractivity contribution in [3.05, 3.63) is 29.7 Å². The van der Waals surface area contributed by atoms with E-state index >= 15 is 0 Å². The Morgan fingerprint density at radius 3 is 2.80 bits per heavy atom. The number of aryl methyl sites for hydroxylation is 2. The summed E-state index contributed by atoms with van der Waals surface area (Å²) in [5.74, 6) is -0.632. The minimum atomic E-state index is -0.397. The molecule has 6 heteroatoms. The Labute approximate surface area is 116 Å². The third kappa shape index (κ3) is 2.79. The van der Waals surface area contributed by atoms with Crippen LogP contribution in [-0.2, 0) is 14.3 Å². The smallest absolute Gasteiger partial charge is 0.306 e. The Kier molecular flexibility index (Phi) is 4.02. The quantitative estimate of drug-likeness (QED) is 0.864. The molecule has 0 fully saturated rings. The van der Waals surface area contributed by atoms with Gasteiger partial charge < -0.3 is 14.5 Å². The summed E-state index contributed by atoms with van der Waals surface area (Å²) in [7, 11) is 1.30. The van der Waals surface area contributed by atoms with Crippen LogP contribution < -0.4 is 5.32 Å². The molecule has 0 aliphatic rings. The Morgan fingerprint density at radius 2 is 2.10 bits per heavy atom. The number of nitrogens with one attached hydrogen (secondary N) is 1. The maximum atomic E-state index is 11.8. The van der Waals surface area contributed by atoms with Crippen molar-refractivity contribution >= 4 is 23.2 Å². The van der Waals surface area contributed by atoms with Crippen LogP contribution in [-0.4, -0.2) is 28.4 Å². The Hall–Kier alpha value is -2.37. The summed E-state index contributed by atoms with van der Waals surface area (Å²) in [4.78, 5) is 27.3. The van der Waals surface area contributed by atoms with Crippen molar-refractivity contribution in [3.8, 4) is 0 Å². The van der Waals surface area contributed by atoms with Crippen molar-refractivity contribution in [2.24, 2.45) is 0 Å². The molecule has 1 amide bonds. The number of amides is 1. The summed E-state index contributed by atoms with van der Waals surface area (Å²) in [5.41, 5.74) is 3.29. The zero-order chi connectivity index (χ0) is 14.7. The maximum absolute atomic E-state index is 11.8. The Balaban J connectivity index is 2.15. The van der Waals surface area contributed by atoms with Gasteiger partial charge in [-0.3, -0.25) is 9.59 Å². The molecule has 106 valence electrons. The summed E-state index contributed by atoms with van der Waals surface area (Å²) in [5, 5.41) is 2.77. The number of imidazole rings is 1. The lowest BCUT2D eigenvalue weighted by Gasteiger charge is -2.06. The van der Waals surface area contributed by atoms with E-state index in [-0.39, 0.29) is 18.7 Å². The lowest BCUT2D eigenvalue weighted by molar-refractivity contribution is -0.141. The number of nitrogens with zero attached hydrogens (tertiary/aromatic N) is 2. The predicted molar refractivity (Wildman–Crippen MR) is 74.5 cm³/mol. The number of anilines is 1. The summed E-state index contributed by atoms with van der Waals surface area (Å²) in [6.45, 7) is 3.89. The van der Waals surface area contributed by atoms with E-state index in [9.17, 15) is 9.59 Å². The minimum Gasteiger partial charge on any atom is -0.469 e. The van der Waals surface area contributed by atoms with Crippen LogP contribution in [0.15, 0.2) is 18.3 Å². The largest absolute Gasteiger partial charge is 0.469 e. The van der Waals surface area contributed by atoms with Crippen LogP contribution in [0.4, 0.5) is 5.69 Å². The van der Waals surface area contributed by atoms with E-state index in [2.05, 4.69) is 15.0 Å². The molecule has 20 heavy (non-hydrogen) atoms. The molecule has 1 N–H and O–H groups in total. The van der Waals surface area contributed by atoms with Gasteiger partial charge in [-0.15, -0.1) is 0 Å². The highest BCUT2D eigenvalue weighted by Gasteiger charge is 2.12. The van der Waals surface area contributed by atoms with Crippen LogP contribution in [0, 0.1) is 13.8 Å². The molecule has 0 aromatic carbocycles. The number of aromatic nitrogens is 2. The summed E-state index contributed by atoms with van der Waals surface area (Å²) in [6.07, 6.45) is 2.05. The molecule has 6 nitrogen and oxygen atoms in total. The van der Waals surface area contributed by atoms with Crippen molar-refractivity contribution in [2.75, 3.05) is 12.4 Å². The summed E-state index contributed by atoms with van der Waals surface area (Å²) >= 11 is 0. The van der Waals surface area contributed by atoms with E-state index in [4.69, 9.17) is 0 Å². The van der Waals surface area contributed by atoms with Crippen LogP contribution in [0.2, 0.25) is 0 Å². The number of carbonyl (C=O) groups excluding carboxylic acids is 2. The number of ether oxygens (including phenoxy) is 1. The monoisotopic (exact) mass is 275 g/mol. The van der Waals surface area contributed by atoms with Gasteiger partial charge in [0.15, 0.2) is 5.65 Å². The molecule has 0 bridgehead atoms. The molecule has 2 heterocycles. The summed E-state index contributed by atoms with van der Waals surface area (Å²) in [6, 6.07) is 3.63. The molecule has 0 saturated heterocycles. The van der Waals surface area contributed by atoms with Gasteiger partial charge in [0, 0.05) is 18.3 Å². The fourth-order valence-corrected chi connectivity index (χ4v) is 1.93. The van der Waals surface area contributed by atoms with Crippen LogP contribution in [0.25, 0.3) is 5.65 Å². The van der Waals surface area contributed by atoms with Crippen molar-refractivity contribution < 1.29 is 14.3 Å². The van der Waals surface area contributed by atoms with E-state index in [1.807, 2.05) is 30.5 Å². The van der Waals surface area contributed by atoms with E-state index in [0.29, 0.717) is 11.3 Å². The highest BCUT2D eigenvalue weighted by atomic mass is 16.5. The van der Waals surface area contributed by atoms with Gasteiger partial charge in [-0.2, -0.15) is 0 Å². The molecular formula is C14H17N3O3. The zero-order valence-electron chi connectivity index (χ0n) is 11.8. The number of hydrogen-bond acceptors (Lipinski definition) is 4. The average molecular weight is 275 g/mol. The Morgan fingerprint density at radius 1 is 1.35 bits per heavy atom. The molecule has 0 unspecified atom stereocenters. The first-order valence-corrected chi connectivity index (χ1v) is 6.34. The lowest BCUT2D eigenvalue weighted by atomic mass is 10.3. The first-order valence-electron chi connectivity index (χ1n) is 6.34. The minimum absolute atomic E-state index is 0.0674. The van der Waals surface area contributed by atoms with Crippen LogP contribution >= 0.6 is 0 Å². The highest BCUT2D eigenvalue weighted by Crippen LogP contribution is 2.19. The molecule has 0 aliphatic heterocycles. The van der Waals surface area contributed by atoms with Gasteiger partial charge in [0.25, 0.3) is 0 Å². The Bertz CT molecular complexity index is 661. The van der Waals surface area contributed by atoms with E-state index < -0.39 is 5.97 Å². The predicted octanol–water partition coefficient (Wildman–Crippen LogP) is 1.84. The number of methoxy groups -OCH3 is 1. The SMILES string of the molecule is COC(=O)CCC(=O)Nc1cccn2c(C)c(C)nc12. The molecule has 0 radical (unpaired) electrons. The number of carbonyl (C=O) groups is 2. The molecule has 0 atom stereocenters. The second-order valence-electron chi connectivity index (χ2n) is 4.52. The molecule has 0 saturated carbocycles. The molecule has 2 rings (SSSR count). The summed E-state index contributed by atoms with van der Waals surface area (Å²) < 4.78 is 6.43. The number of rotatable bonds is 4. The maximum Gasteiger partial charge on any atom is 0.306 e. The van der Waals surface area contributed by atoms with Gasteiger partial charge in [0.1, 0.15) is 0 Å². The van der Waals surface area contributed by atoms with Gasteiger partial charge in [0.05, 0.1) is 24.9 Å².